The van der Waals surface area contributed by atoms with Gasteiger partial charge in [-0.2, -0.15) is 0 Å². The Morgan fingerprint density at radius 1 is 1.07 bits per heavy atom. The molecule has 2 aromatic rings. The van der Waals surface area contributed by atoms with E-state index in [1.165, 1.54) is 36.2 Å². The van der Waals surface area contributed by atoms with Crippen molar-refractivity contribution in [3.05, 3.63) is 56.7 Å². The number of nitrogens with one attached hydrogen (secondary N) is 1. The predicted molar refractivity (Wildman–Crippen MR) is 105 cm³/mol. The first kappa shape index (κ1) is 19.4. The maximum Gasteiger partial charge on any atom is 0.332 e. The lowest BCUT2D eigenvalue weighted by atomic mass is 9.95. The van der Waals surface area contributed by atoms with Crippen LogP contribution in [-0.4, -0.2) is 29.8 Å². The molecule has 27 heavy (non-hydrogen) atoms. The second-order valence-electron chi connectivity index (χ2n) is 7.19. The van der Waals surface area contributed by atoms with Gasteiger partial charge in [0.25, 0.3) is 5.56 Å². The lowest BCUT2D eigenvalue weighted by Crippen LogP contribution is -2.40. The zero-order valence-electron chi connectivity index (χ0n) is 15.6. The van der Waals surface area contributed by atoms with E-state index >= 15 is 0 Å². The van der Waals surface area contributed by atoms with Gasteiger partial charge in [0.15, 0.2) is 9.84 Å². The van der Waals surface area contributed by atoms with Gasteiger partial charge in [-0.05, 0) is 30.5 Å². The number of rotatable bonds is 5. The molecular weight excluding hydrogens is 366 g/mol. The van der Waals surface area contributed by atoms with Crippen molar-refractivity contribution >= 4 is 15.7 Å². The van der Waals surface area contributed by atoms with Crippen LogP contribution in [0.15, 0.2) is 44.8 Å². The van der Waals surface area contributed by atoms with Crippen LogP contribution in [0.25, 0.3) is 0 Å². The molecule has 1 aliphatic carbocycles. The number of anilines is 1. The Balaban J connectivity index is 1.94. The van der Waals surface area contributed by atoms with Crippen molar-refractivity contribution in [3.8, 4) is 0 Å². The number of hydrogen-bond donors (Lipinski definition) is 1. The quantitative estimate of drug-likeness (QED) is 0.839. The van der Waals surface area contributed by atoms with Crippen LogP contribution in [0.1, 0.15) is 37.7 Å². The third-order valence-electron chi connectivity index (χ3n) is 5.05. The Morgan fingerprint density at radius 3 is 2.30 bits per heavy atom. The van der Waals surface area contributed by atoms with Crippen molar-refractivity contribution in [3.63, 3.8) is 0 Å². The summed E-state index contributed by atoms with van der Waals surface area (Å²) < 4.78 is 25.8. The van der Waals surface area contributed by atoms with Gasteiger partial charge in [-0.15, -0.1) is 0 Å². The topological polar surface area (TPSA) is 90.2 Å². The van der Waals surface area contributed by atoms with Crippen molar-refractivity contribution in [2.75, 3.05) is 11.6 Å². The minimum Gasteiger partial charge on any atom is -0.368 e. The van der Waals surface area contributed by atoms with Gasteiger partial charge in [0, 0.05) is 25.4 Å². The van der Waals surface area contributed by atoms with Gasteiger partial charge in [0.05, 0.1) is 11.4 Å². The van der Waals surface area contributed by atoms with Gasteiger partial charge in [0.2, 0.25) is 0 Å². The van der Waals surface area contributed by atoms with Crippen molar-refractivity contribution in [2.45, 2.75) is 49.6 Å². The minimum atomic E-state index is -3.27. The summed E-state index contributed by atoms with van der Waals surface area (Å²) in [7, 11) is -1.81. The molecule has 3 rings (SSSR count). The highest BCUT2D eigenvalue weighted by Crippen LogP contribution is 2.21. The van der Waals surface area contributed by atoms with E-state index < -0.39 is 15.5 Å². The monoisotopic (exact) mass is 391 g/mol. The molecule has 1 heterocycles. The highest BCUT2D eigenvalue weighted by Gasteiger charge is 2.17. The summed E-state index contributed by atoms with van der Waals surface area (Å²) in [6.45, 7) is 0.256. The van der Waals surface area contributed by atoms with E-state index in [1.54, 1.807) is 12.1 Å². The Kier molecular flexibility index (Phi) is 5.55. The number of aromatic nitrogens is 2. The minimum absolute atomic E-state index is 0.236. The van der Waals surface area contributed by atoms with E-state index in [2.05, 4.69) is 5.32 Å². The van der Waals surface area contributed by atoms with E-state index in [9.17, 15) is 18.0 Å². The van der Waals surface area contributed by atoms with E-state index in [0.29, 0.717) is 5.82 Å². The highest BCUT2D eigenvalue weighted by molar-refractivity contribution is 7.90. The normalized spacial score (nSPS) is 15.6. The van der Waals surface area contributed by atoms with E-state index in [-0.39, 0.29) is 23.0 Å². The van der Waals surface area contributed by atoms with Crippen LogP contribution in [0.4, 0.5) is 5.82 Å². The molecule has 1 N–H and O–H groups in total. The summed E-state index contributed by atoms with van der Waals surface area (Å²) in [4.78, 5) is 25.0. The molecular formula is C19H25N3O4S. The van der Waals surface area contributed by atoms with Crippen molar-refractivity contribution in [1.29, 1.82) is 0 Å². The lowest BCUT2D eigenvalue weighted by molar-refractivity contribution is 0.459. The summed E-state index contributed by atoms with van der Waals surface area (Å²) in [5.74, 6) is 0.516. The zero-order valence-corrected chi connectivity index (χ0v) is 16.5. The van der Waals surface area contributed by atoms with Crippen LogP contribution < -0.4 is 16.6 Å². The van der Waals surface area contributed by atoms with E-state index in [1.807, 2.05) is 0 Å². The summed E-state index contributed by atoms with van der Waals surface area (Å²) >= 11 is 0. The lowest BCUT2D eigenvalue weighted by Gasteiger charge is -2.25. The SMILES string of the molecule is Cn1c(=O)cc(NC2CCCCC2)n(Cc2ccc(S(C)(=O)=O)cc2)c1=O. The maximum absolute atomic E-state index is 12.7. The third-order valence-corrected chi connectivity index (χ3v) is 6.18. The van der Waals surface area contributed by atoms with Crippen molar-refractivity contribution in [1.82, 2.24) is 9.13 Å². The molecule has 0 amide bonds. The van der Waals surface area contributed by atoms with E-state index in [0.717, 1.165) is 42.1 Å². The van der Waals surface area contributed by atoms with Crippen LogP contribution in [-0.2, 0) is 23.4 Å². The van der Waals surface area contributed by atoms with Gasteiger partial charge in [-0.3, -0.25) is 13.9 Å². The van der Waals surface area contributed by atoms with Gasteiger partial charge in [0.1, 0.15) is 5.82 Å². The fraction of sp³-hybridized carbons (Fsp3) is 0.474. The molecule has 0 unspecified atom stereocenters. The molecule has 0 bridgehead atoms. The molecule has 7 nitrogen and oxygen atoms in total. The molecule has 1 fully saturated rings. The average molecular weight is 391 g/mol. The number of sulfone groups is 1. The first-order valence-corrected chi connectivity index (χ1v) is 11.0. The van der Waals surface area contributed by atoms with Gasteiger partial charge < -0.3 is 5.32 Å². The second-order valence-corrected chi connectivity index (χ2v) is 9.21. The Bertz CT molecular complexity index is 1030. The molecule has 1 aromatic heterocycles. The molecule has 8 heteroatoms. The fourth-order valence-electron chi connectivity index (χ4n) is 3.42. The maximum atomic E-state index is 12.7. The standard InChI is InChI=1S/C19H25N3O4S/c1-21-18(23)12-17(20-15-6-4-3-5-7-15)22(19(21)24)13-14-8-10-16(11-9-14)27(2,25)26/h8-12,15,20H,3-7,13H2,1-2H3. The largest absolute Gasteiger partial charge is 0.368 e. The van der Waals surface area contributed by atoms with Gasteiger partial charge in [-0.1, -0.05) is 31.4 Å². The van der Waals surface area contributed by atoms with Gasteiger partial charge in [-0.25, -0.2) is 13.2 Å². The first-order valence-electron chi connectivity index (χ1n) is 9.12. The molecule has 1 aromatic carbocycles. The molecule has 0 aliphatic heterocycles. The number of hydrogen-bond acceptors (Lipinski definition) is 5. The second kappa shape index (κ2) is 7.72. The molecule has 146 valence electrons. The highest BCUT2D eigenvalue weighted by atomic mass is 32.2. The van der Waals surface area contributed by atoms with Crippen LogP contribution in [0, 0.1) is 0 Å². The van der Waals surface area contributed by atoms with Crippen LogP contribution in [0.5, 0.6) is 0 Å². The smallest absolute Gasteiger partial charge is 0.332 e. The van der Waals surface area contributed by atoms with E-state index in [4.69, 9.17) is 0 Å². The molecule has 1 aliphatic rings. The zero-order chi connectivity index (χ0) is 19.6. The molecule has 0 radical (unpaired) electrons. The summed E-state index contributed by atoms with van der Waals surface area (Å²) in [6, 6.07) is 8.17. The van der Waals surface area contributed by atoms with Crippen molar-refractivity contribution in [2.24, 2.45) is 7.05 Å². The Labute approximate surface area is 158 Å². The molecule has 0 saturated heterocycles. The third kappa shape index (κ3) is 4.50. The van der Waals surface area contributed by atoms with Crippen LogP contribution in [0.2, 0.25) is 0 Å². The van der Waals surface area contributed by atoms with Crippen molar-refractivity contribution < 1.29 is 8.42 Å². The number of nitrogens with zero attached hydrogens (tertiary/aromatic N) is 2. The summed E-state index contributed by atoms with van der Waals surface area (Å²) in [6.07, 6.45) is 6.69. The molecule has 0 spiro atoms. The van der Waals surface area contributed by atoms with Gasteiger partial charge >= 0.3 is 5.69 Å². The average Bonchev–Trinajstić information content (AvgIpc) is 2.64. The van der Waals surface area contributed by atoms with Crippen LogP contribution in [0.3, 0.4) is 0 Å². The Hall–Kier alpha value is -2.35. The predicted octanol–water partition coefficient (Wildman–Crippen LogP) is 1.74. The summed E-state index contributed by atoms with van der Waals surface area (Å²) in [5, 5.41) is 3.37. The fourth-order valence-corrected chi connectivity index (χ4v) is 4.05. The number of benzene rings is 1. The summed E-state index contributed by atoms with van der Waals surface area (Å²) in [5.41, 5.74) is 0.0461. The first-order chi connectivity index (χ1) is 12.8. The molecule has 0 atom stereocenters. The van der Waals surface area contributed by atoms with Crippen LogP contribution >= 0.6 is 0 Å². The molecule has 1 saturated carbocycles. The Morgan fingerprint density at radius 2 is 1.70 bits per heavy atom.